The molecule has 5 heteroatoms. The molecule has 0 aliphatic carbocycles. The zero-order chi connectivity index (χ0) is 13.7. The molecule has 0 radical (unpaired) electrons. The van der Waals surface area contributed by atoms with E-state index < -0.39 is 11.6 Å². The summed E-state index contributed by atoms with van der Waals surface area (Å²) >= 11 is 4.71. The molecule has 0 aromatic heterocycles. The summed E-state index contributed by atoms with van der Waals surface area (Å²) in [6.45, 7) is 2.70. The molecule has 0 spiro atoms. The van der Waals surface area contributed by atoms with Crippen LogP contribution in [0.25, 0.3) is 0 Å². The number of nitrogens with two attached hydrogens (primary N) is 1. The van der Waals surface area contributed by atoms with Crippen LogP contribution < -0.4 is 10.6 Å². The molecule has 0 aliphatic rings. The summed E-state index contributed by atoms with van der Waals surface area (Å²) in [5.41, 5.74) is 5.55. The largest absolute Gasteiger partial charge is 0.389 e. The summed E-state index contributed by atoms with van der Waals surface area (Å²) in [4.78, 5) is 1.58. The fourth-order valence-electron chi connectivity index (χ4n) is 1.78. The monoisotopic (exact) mass is 272 g/mol. The highest BCUT2D eigenvalue weighted by molar-refractivity contribution is 7.80. The van der Waals surface area contributed by atoms with Gasteiger partial charge in [-0.15, -0.1) is 0 Å². The second-order valence-corrected chi connectivity index (χ2v) is 4.72. The van der Waals surface area contributed by atoms with Gasteiger partial charge in [0, 0.05) is 19.2 Å². The number of unbranched alkanes of at least 4 members (excludes halogenated alkanes) is 2. The van der Waals surface area contributed by atoms with Crippen molar-refractivity contribution in [1.29, 1.82) is 0 Å². The van der Waals surface area contributed by atoms with Gasteiger partial charge >= 0.3 is 0 Å². The van der Waals surface area contributed by atoms with Crippen LogP contribution in [0.4, 0.5) is 14.5 Å². The molecule has 0 bridgehead atoms. The highest BCUT2D eigenvalue weighted by Crippen LogP contribution is 2.24. The summed E-state index contributed by atoms with van der Waals surface area (Å²) in [6, 6.07) is 2.36. The molecule has 1 aromatic carbocycles. The number of nitrogens with zero attached hydrogens (tertiary/aromatic N) is 1. The minimum Gasteiger partial charge on any atom is -0.389 e. The smallest absolute Gasteiger partial charge is 0.150 e. The second kappa shape index (κ2) is 6.64. The lowest BCUT2D eigenvalue weighted by Crippen LogP contribution is -2.22. The van der Waals surface area contributed by atoms with E-state index >= 15 is 0 Å². The molecule has 1 aromatic rings. The van der Waals surface area contributed by atoms with E-state index in [2.05, 4.69) is 6.92 Å². The number of anilines is 1. The van der Waals surface area contributed by atoms with Gasteiger partial charge in [0.25, 0.3) is 0 Å². The molecule has 0 unspecified atom stereocenters. The van der Waals surface area contributed by atoms with Gasteiger partial charge in [0.15, 0.2) is 0 Å². The Labute approximate surface area is 112 Å². The average molecular weight is 272 g/mol. The van der Waals surface area contributed by atoms with Gasteiger partial charge in [-0.2, -0.15) is 0 Å². The molecule has 0 fully saturated rings. The first-order chi connectivity index (χ1) is 8.47. The molecule has 0 saturated carbocycles. The maximum absolute atomic E-state index is 13.8. The third-order valence-corrected chi connectivity index (χ3v) is 3.02. The number of hydrogen-bond donors (Lipinski definition) is 1. The lowest BCUT2D eigenvalue weighted by atomic mass is 10.1. The molecular weight excluding hydrogens is 254 g/mol. The van der Waals surface area contributed by atoms with Crippen LogP contribution in [0.2, 0.25) is 0 Å². The zero-order valence-electron chi connectivity index (χ0n) is 10.7. The molecule has 0 saturated heterocycles. The van der Waals surface area contributed by atoms with Crippen LogP contribution in [-0.4, -0.2) is 18.6 Å². The lowest BCUT2D eigenvalue weighted by Gasteiger charge is -2.21. The number of rotatable bonds is 6. The maximum Gasteiger partial charge on any atom is 0.150 e. The van der Waals surface area contributed by atoms with E-state index in [-0.39, 0.29) is 16.2 Å². The SMILES string of the molecule is CCCCCN(C)c1c(F)cc(C(N)=S)cc1F. The summed E-state index contributed by atoms with van der Waals surface area (Å²) < 4.78 is 27.7. The molecule has 0 amide bonds. The Morgan fingerprint density at radius 2 is 1.83 bits per heavy atom. The van der Waals surface area contributed by atoms with Crippen LogP contribution in [0.1, 0.15) is 31.7 Å². The van der Waals surface area contributed by atoms with Crippen molar-refractivity contribution in [1.82, 2.24) is 0 Å². The Morgan fingerprint density at radius 3 is 2.28 bits per heavy atom. The molecule has 0 heterocycles. The summed E-state index contributed by atoms with van der Waals surface area (Å²) in [6.07, 6.45) is 3.01. The molecule has 1 rings (SSSR count). The van der Waals surface area contributed by atoms with Crippen LogP contribution in [0.5, 0.6) is 0 Å². The lowest BCUT2D eigenvalue weighted by molar-refractivity contribution is 0.572. The Bertz CT molecular complexity index is 412. The van der Waals surface area contributed by atoms with Gasteiger partial charge in [-0.05, 0) is 18.6 Å². The second-order valence-electron chi connectivity index (χ2n) is 4.28. The van der Waals surface area contributed by atoms with Crippen LogP contribution in [0.15, 0.2) is 12.1 Å². The highest BCUT2D eigenvalue weighted by atomic mass is 32.1. The Kier molecular flexibility index (Phi) is 5.47. The Balaban J connectivity index is 2.92. The average Bonchev–Trinajstić information content (AvgIpc) is 2.28. The standard InChI is InChI=1S/C13H18F2N2S/c1-3-4-5-6-17(2)12-10(14)7-9(13(16)18)8-11(12)15/h7-8H,3-6H2,1-2H3,(H2,16,18). The van der Waals surface area contributed by atoms with Crippen molar-refractivity contribution in [2.45, 2.75) is 26.2 Å². The molecule has 100 valence electrons. The first-order valence-corrected chi connectivity index (χ1v) is 6.38. The van der Waals surface area contributed by atoms with Gasteiger partial charge in [0.1, 0.15) is 22.3 Å². The van der Waals surface area contributed by atoms with Crippen molar-refractivity contribution in [3.8, 4) is 0 Å². The number of hydrogen-bond acceptors (Lipinski definition) is 2. The van der Waals surface area contributed by atoms with Gasteiger partial charge in [-0.25, -0.2) is 8.78 Å². The van der Waals surface area contributed by atoms with Gasteiger partial charge in [-0.3, -0.25) is 0 Å². The molecule has 0 atom stereocenters. The van der Waals surface area contributed by atoms with Crippen molar-refractivity contribution in [2.24, 2.45) is 5.73 Å². The third-order valence-electron chi connectivity index (χ3n) is 2.78. The highest BCUT2D eigenvalue weighted by Gasteiger charge is 2.15. The molecule has 2 N–H and O–H groups in total. The van der Waals surface area contributed by atoms with Crippen molar-refractivity contribution in [2.75, 3.05) is 18.5 Å². The minimum atomic E-state index is -0.628. The van der Waals surface area contributed by atoms with Crippen molar-refractivity contribution in [3.63, 3.8) is 0 Å². The van der Waals surface area contributed by atoms with Gasteiger partial charge < -0.3 is 10.6 Å². The summed E-state index contributed by atoms with van der Waals surface area (Å²) in [5.74, 6) is -1.26. The zero-order valence-corrected chi connectivity index (χ0v) is 11.5. The fraction of sp³-hybridized carbons (Fsp3) is 0.462. The molecule has 0 aliphatic heterocycles. The Hall–Kier alpha value is -1.23. The van der Waals surface area contributed by atoms with Crippen LogP contribution >= 0.6 is 12.2 Å². The van der Waals surface area contributed by atoms with E-state index in [4.69, 9.17) is 18.0 Å². The number of benzene rings is 1. The normalized spacial score (nSPS) is 10.4. The quantitative estimate of drug-likeness (QED) is 0.637. The van der Waals surface area contributed by atoms with E-state index in [1.54, 1.807) is 11.9 Å². The molecule has 2 nitrogen and oxygen atoms in total. The third kappa shape index (κ3) is 3.63. The molecule has 18 heavy (non-hydrogen) atoms. The summed E-state index contributed by atoms with van der Waals surface area (Å²) in [7, 11) is 1.68. The van der Waals surface area contributed by atoms with Crippen molar-refractivity contribution < 1.29 is 8.78 Å². The van der Waals surface area contributed by atoms with E-state index in [1.807, 2.05) is 0 Å². The van der Waals surface area contributed by atoms with E-state index in [1.165, 1.54) is 12.1 Å². The van der Waals surface area contributed by atoms with Gasteiger partial charge in [0.2, 0.25) is 0 Å². The Morgan fingerprint density at radius 1 is 1.28 bits per heavy atom. The summed E-state index contributed by atoms with van der Waals surface area (Å²) in [5, 5.41) is 0. The van der Waals surface area contributed by atoms with E-state index in [0.29, 0.717) is 6.54 Å². The predicted octanol–water partition coefficient (Wildman–Crippen LogP) is 3.23. The van der Waals surface area contributed by atoms with E-state index in [0.717, 1.165) is 19.3 Å². The van der Waals surface area contributed by atoms with Crippen molar-refractivity contribution in [3.05, 3.63) is 29.3 Å². The number of halogens is 2. The number of thiocarbonyl (C=S) groups is 1. The maximum atomic E-state index is 13.8. The first-order valence-electron chi connectivity index (χ1n) is 5.97. The van der Waals surface area contributed by atoms with Crippen LogP contribution in [0, 0.1) is 11.6 Å². The topological polar surface area (TPSA) is 29.3 Å². The minimum absolute atomic E-state index is 0.00649. The van der Waals surface area contributed by atoms with Gasteiger partial charge in [-0.1, -0.05) is 32.0 Å². The van der Waals surface area contributed by atoms with E-state index in [9.17, 15) is 8.78 Å². The first kappa shape index (κ1) is 14.8. The van der Waals surface area contributed by atoms with Crippen LogP contribution in [-0.2, 0) is 0 Å². The van der Waals surface area contributed by atoms with Gasteiger partial charge in [0.05, 0.1) is 0 Å². The van der Waals surface area contributed by atoms with Crippen molar-refractivity contribution >= 4 is 22.9 Å². The molecular formula is C13H18F2N2S. The predicted molar refractivity (Wildman–Crippen MR) is 75.0 cm³/mol. The van der Waals surface area contributed by atoms with Crippen LogP contribution in [0.3, 0.4) is 0 Å². The fourth-order valence-corrected chi connectivity index (χ4v) is 1.90.